The fourth-order valence-corrected chi connectivity index (χ4v) is 3.94. The molecule has 4 aromatic rings. The number of anilines is 1. The Kier molecular flexibility index (Phi) is 5.43. The normalized spacial score (nSPS) is 11.3. The Morgan fingerprint density at radius 3 is 2.41 bits per heavy atom. The van der Waals surface area contributed by atoms with Crippen molar-refractivity contribution in [3.05, 3.63) is 94.0 Å². The zero-order valence-corrected chi connectivity index (χ0v) is 17.5. The molecule has 29 heavy (non-hydrogen) atoms. The van der Waals surface area contributed by atoms with E-state index < -0.39 is 0 Å². The van der Waals surface area contributed by atoms with E-state index in [1.807, 2.05) is 50.2 Å². The van der Waals surface area contributed by atoms with Gasteiger partial charge in [0.2, 0.25) is 5.13 Å². The van der Waals surface area contributed by atoms with Gasteiger partial charge >= 0.3 is 0 Å². The maximum atomic E-state index is 13.2. The predicted octanol–water partition coefficient (Wildman–Crippen LogP) is 6.25. The Hall–Kier alpha value is -3.02. The Balaban J connectivity index is 1.75. The molecular weight excluding hydrogens is 402 g/mol. The third kappa shape index (κ3) is 4.36. The molecule has 3 aromatic carbocycles. The highest BCUT2D eigenvalue weighted by molar-refractivity contribution is 7.22. The van der Waals surface area contributed by atoms with Gasteiger partial charge in [0.15, 0.2) is 0 Å². The average Bonchev–Trinajstić information content (AvgIpc) is 3.12. The molecular formula is C23H18ClN3OS. The minimum Gasteiger partial charge on any atom is -0.267 e. The highest BCUT2D eigenvalue weighted by atomic mass is 35.5. The number of fused-ring (bicyclic) bond motifs is 1. The van der Waals surface area contributed by atoms with Gasteiger partial charge in [0, 0.05) is 10.6 Å². The van der Waals surface area contributed by atoms with Crippen LogP contribution in [0.2, 0.25) is 5.02 Å². The summed E-state index contributed by atoms with van der Waals surface area (Å²) in [5.41, 5.74) is 4.55. The zero-order chi connectivity index (χ0) is 20.4. The second-order valence-electron chi connectivity index (χ2n) is 6.75. The number of carbonyl (C=O) groups excluding carboxylic acids is 1. The van der Waals surface area contributed by atoms with E-state index in [1.54, 1.807) is 30.5 Å². The molecule has 0 unspecified atom stereocenters. The number of aryl methyl sites for hydroxylation is 2. The number of hydrogen-bond acceptors (Lipinski definition) is 4. The maximum Gasteiger partial charge on any atom is 0.280 e. The molecule has 0 aliphatic rings. The Morgan fingerprint density at radius 2 is 1.69 bits per heavy atom. The molecule has 4 rings (SSSR count). The summed E-state index contributed by atoms with van der Waals surface area (Å²) in [5.74, 6) is -0.263. The Labute approximate surface area is 178 Å². The number of benzene rings is 3. The first-order valence-corrected chi connectivity index (χ1v) is 10.3. The topological polar surface area (TPSA) is 45.6 Å². The van der Waals surface area contributed by atoms with E-state index in [9.17, 15) is 4.79 Å². The highest BCUT2D eigenvalue weighted by Gasteiger charge is 2.21. The van der Waals surface area contributed by atoms with Crippen molar-refractivity contribution in [1.29, 1.82) is 0 Å². The van der Waals surface area contributed by atoms with Crippen molar-refractivity contribution in [2.45, 2.75) is 13.8 Å². The number of hydrazone groups is 1. The van der Waals surface area contributed by atoms with Crippen LogP contribution in [0.15, 0.2) is 71.8 Å². The van der Waals surface area contributed by atoms with Gasteiger partial charge in [-0.05, 0) is 61.4 Å². The van der Waals surface area contributed by atoms with Gasteiger partial charge in [-0.25, -0.2) is 4.98 Å². The smallest absolute Gasteiger partial charge is 0.267 e. The van der Waals surface area contributed by atoms with E-state index in [-0.39, 0.29) is 5.91 Å². The van der Waals surface area contributed by atoms with Crippen molar-refractivity contribution in [3.63, 3.8) is 0 Å². The summed E-state index contributed by atoms with van der Waals surface area (Å²) < 4.78 is 1.01. The Morgan fingerprint density at radius 1 is 1.00 bits per heavy atom. The van der Waals surface area contributed by atoms with Crippen LogP contribution < -0.4 is 5.01 Å². The van der Waals surface area contributed by atoms with Gasteiger partial charge in [0.25, 0.3) is 5.91 Å². The molecule has 0 saturated heterocycles. The second-order valence-corrected chi connectivity index (χ2v) is 8.19. The van der Waals surface area contributed by atoms with Crippen molar-refractivity contribution < 1.29 is 4.79 Å². The number of aromatic nitrogens is 1. The number of thiazole rings is 1. The van der Waals surface area contributed by atoms with Crippen LogP contribution in [0.5, 0.6) is 0 Å². The molecule has 0 spiro atoms. The molecule has 1 aromatic heterocycles. The summed E-state index contributed by atoms with van der Waals surface area (Å²) in [4.78, 5) is 17.8. The molecule has 4 nitrogen and oxygen atoms in total. The molecule has 144 valence electrons. The molecule has 6 heteroatoms. The summed E-state index contributed by atoms with van der Waals surface area (Å²) in [6, 6.07) is 20.7. The van der Waals surface area contributed by atoms with Crippen LogP contribution in [-0.4, -0.2) is 17.1 Å². The monoisotopic (exact) mass is 419 g/mol. The van der Waals surface area contributed by atoms with E-state index in [0.29, 0.717) is 15.7 Å². The first-order chi connectivity index (χ1) is 14.0. The third-order valence-electron chi connectivity index (χ3n) is 4.40. The quantitative estimate of drug-likeness (QED) is 0.290. The fourth-order valence-electron chi connectivity index (χ4n) is 2.79. The predicted molar refractivity (Wildman–Crippen MR) is 121 cm³/mol. The van der Waals surface area contributed by atoms with Gasteiger partial charge in [0.1, 0.15) is 0 Å². The molecule has 1 amide bonds. The van der Waals surface area contributed by atoms with Gasteiger partial charge in [-0.1, -0.05) is 58.8 Å². The summed E-state index contributed by atoms with van der Waals surface area (Å²) >= 11 is 7.41. The summed E-state index contributed by atoms with van der Waals surface area (Å²) in [7, 11) is 0. The lowest BCUT2D eigenvalue weighted by molar-refractivity contribution is 0.0988. The van der Waals surface area contributed by atoms with E-state index >= 15 is 0 Å². The SMILES string of the molecule is Cc1ccc(/C=N/N(C(=O)c2ccc(Cl)cc2)c2nc3ccc(C)cc3s2)cc1. The minimum absolute atomic E-state index is 0.263. The van der Waals surface area contributed by atoms with E-state index in [2.05, 4.69) is 16.2 Å². The highest BCUT2D eigenvalue weighted by Crippen LogP contribution is 2.30. The van der Waals surface area contributed by atoms with Gasteiger partial charge in [-0.2, -0.15) is 10.1 Å². The van der Waals surface area contributed by atoms with Gasteiger partial charge in [-0.15, -0.1) is 0 Å². The summed E-state index contributed by atoms with van der Waals surface area (Å²) in [6.45, 7) is 4.06. The van der Waals surface area contributed by atoms with Crippen LogP contribution in [0.4, 0.5) is 5.13 Å². The van der Waals surface area contributed by atoms with Crippen LogP contribution in [-0.2, 0) is 0 Å². The van der Waals surface area contributed by atoms with Crippen molar-refractivity contribution in [1.82, 2.24) is 4.98 Å². The van der Waals surface area contributed by atoms with Crippen LogP contribution in [0.3, 0.4) is 0 Å². The summed E-state index contributed by atoms with van der Waals surface area (Å²) in [6.07, 6.45) is 1.67. The number of nitrogens with zero attached hydrogens (tertiary/aromatic N) is 3. The summed E-state index contributed by atoms with van der Waals surface area (Å²) in [5, 5.41) is 6.93. The standard InChI is InChI=1S/C23H18ClN3OS/c1-15-3-6-17(7-4-15)14-25-27(22(28)18-8-10-19(24)11-9-18)23-26-20-12-5-16(2)13-21(20)29-23/h3-14H,1-2H3/b25-14+. The lowest BCUT2D eigenvalue weighted by atomic mass is 10.2. The maximum absolute atomic E-state index is 13.2. The largest absolute Gasteiger partial charge is 0.280 e. The van der Waals surface area contributed by atoms with Gasteiger partial charge in [-0.3, -0.25) is 4.79 Å². The van der Waals surface area contributed by atoms with Crippen LogP contribution in [0.1, 0.15) is 27.0 Å². The molecule has 0 bridgehead atoms. The number of halogens is 1. The number of carbonyl (C=O) groups is 1. The third-order valence-corrected chi connectivity index (χ3v) is 5.64. The Bertz CT molecular complexity index is 1200. The number of rotatable bonds is 4. The molecule has 0 aliphatic heterocycles. The van der Waals surface area contributed by atoms with Gasteiger partial charge < -0.3 is 0 Å². The minimum atomic E-state index is -0.263. The first-order valence-electron chi connectivity index (χ1n) is 9.07. The lowest BCUT2D eigenvalue weighted by Gasteiger charge is -2.14. The van der Waals surface area contributed by atoms with Crippen molar-refractivity contribution in [3.8, 4) is 0 Å². The van der Waals surface area contributed by atoms with Crippen molar-refractivity contribution in [2.24, 2.45) is 5.10 Å². The van der Waals surface area contributed by atoms with E-state index in [4.69, 9.17) is 11.6 Å². The number of hydrogen-bond donors (Lipinski definition) is 0. The zero-order valence-electron chi connectivity index (χ0n) is 16.0. The van der Waals surface area contributed by atoms with E-state index in [1.165, 1.54) is 16.3 Å². The molecule has 0 aliphatic carbocycles. The molecule has 0 fully saturated rings. The van der Waals surface area contributed by atoms with Crippen LogP contribution in [0, 0.1) is 13.8 Å². The molecule has 0 saturated carbocycles. The molecule has 0 atom stereocenters. The number of amides is 1. The fraction of sp³-hybridized carbons (Fsp3) is 0.0870. The van der Waals surface area contributed by atoms with E-state index in [0.717, 1.165) is 26.9 Å². The van der Waals surface area contributed by atoms with Gasteiger partial charge in [0.05, 0.1) is 16.4 Å². The molecule has 0 radical (unpaired) electrons. The van der Waals surface area contributed by atoms with Crippen molar-refractivity contribution in [2.75, 3.05) is 5.01 Å². The second kappa shape index (κ2) is 8.15. The lowest BCUT2D eigenvalue weighted by Crippen LogP contribution is -2.25. The van der Waals surface area contributed by atoms with Crippen molar-refractivity contribution >= 4 is 50.4 Å². The molecule has 1 heterocycles. The first kappa shape index (κ1) is 19.3. The molecule has 0 N–H and O–H groups in total. The average molecular weight is 420 g/mol. The van der Waals surface area contributed by atoms with Crippen LogP contribution >= 0.6 is 22.9 Å². The van der Waals surface area contributed by atoms with Crippen LogP contribution in [0.25, 0.3) is 10.2 Å².